The van der Waals surface area contributed by atoms with Crippen LogP contribution in [0.1, 0.15) is 43.4 Å². The fraction of sp³-hybridized carbons (Fsp3) is 0.500. The molecular weight excluding hydrogens is 468 g/mol. The van der Waals surface area contributed by atoms with Crippen molar-refractivity contribution in [2.45, 2.75) is 57.1 Å². The number of rotatable bonds is 11. The predicted molar refractivity (Wildman–Crippen MR) is 144 cm³/mol. The number of para-hydroxylation sites is 1. The van der Waals surface area contributed by atoms with E-state index in [0.29, 0.717) is 18.8 Å². The number of nitrogens with one attached hydrogen (secondary N) is 2. The maximum atomic E-state index is 11.9. The molecule has 1 fully saturated rings. The van der Waals surface area contributed by atoms with Gasteiger partial charge in [-0.3, -0.25) is 0 Å². The number of carboxylic acid groups (broad SMARTS) is 1. The number of carboxylic acids is 1. The van der Waals surface area contributed by atoms with Crippen LogP contribution in [0, 0.1) is 0 Å². The topological polar surface area (TPSA) is 112 Å². The molecule has 0 bridgehead atoms. The summed E-state index contributed by atoms with van der Waals surface area (Å²) in [5.74, 6) is 0.686. The Labute approximate surface area is 217 Å². The maximum Gasteiger partial charge on any atom is 0.326 e. The van der Waals surface area contributed by atoms with Crippen LogP contribution in [0.4, 0.5) is 11.6 Å². The molecule has 2 aliphatic heterocycles. The average Bonchev–Trinajstić information content (AvgIpc) is 2.93. The standard InChI is InChI=1S/C28H36N6O3/c35-28(36)25(33-27-23-9-1-2-10-24(23)30-19-31-27)13-17-37-22-8-5-16-34(18-22)15-4-7-21-12-11-20-6-3-14-29-26(20)32-21/h1-2,9-12,19,22,25H,3-8,13-18H2,(H,29,32)(H,35,36)(H,30,31,33)/t22-,25-/m1/s1. The molecule has 9 heteroatoms. The molecule has 1 aromatic carbocycles. The van der Waals surface area contributed by atoms with E-state index in [-0.39, 0.29) is 6.10 Å². The molecule has 1 saturated heterocycles. The summed E-state index contributed by atoms with van der Waals surface area (Å²) in [7, 11) is 0. The summed E-state index contributed by atoms with van der Waals surface area (Å²) in [5.41, 5.74) is 3.26. The van der Waals surface area contributed by atoms with Crippen LogP contribution in [0.25, 0.3) is 10.9 Å². The van der Waals surface area contributed by atoms with E-state index in [1.807, 2.05) is 24.3 Å². The molecule has 3 N–H and O–H groups in total. The monoisotopic (exact) mass is 504 g/mol. The van der Waals surface area contributed by atoms with Crippen molar-refractivity contribution in [2.24, 2.45) is 0 Å². The molecule has 196 valence electrons. The first-order valence-corrected chi connectivity index (χ1v) is 13.4. The molecule has 0 unspecified atom stereocenters. The van der Waals surface area contributed by atoms with E-state index < -0.39 is 12.0 Å². The van der Waals surface area contributed by atoms with Crippen LogP contribution in [-0.2, 0) is 22.4 Å². The number of benzene rings is 1. The number of aromatic nitrogens is 3. The number of hydrogen-bond acceptors (Lipinski definition) is 8. The Morgan fingerprint density at radius 1 is 1.22 bits per heavy atom. The fourth-order valence-electron chi connectivity index (χ4n) is 5.24. The van der Waals surface area contributed by atoms with E-state index in [2.05, 4.69) is 37.6 Å². The highest BCUT2D eigenvalue weighted by molar-refractivity contribution is 5.90. The fourth-order valence-corrected chi connectivity index (χ4v) is 5.24. The molecule has 0 spiro atoms. The molecular formula is C28H36N6O3. The van der Waals surface area contributed by atoms with Gasteiger partial charge in [-0.15, -0.1) is 0 Å². The SMILES string of the molecule is O=C(O)[C@@H](CCO[C@@H]1CCCN(CCCc2ccc3c(n2)NCCC3)C1)Nc1ncnc2ccccc12. The van der Waals surface area contributed by atoms with Gasteiger partial charge in [0.1, 0.15) is 24.0 Å². The highest BCUT2D eigenvalue weighted by Gasteiger charge is 2.23. The Kier molecular flexibility index (Phi) is 8.42. The quantitative estimate of drug-likeness (QED) is 0.359. The predicted octanol–water partition coefficient (Wildman–Crippen LogP) is 3.75. The zero-order valence-corrected chi connectivity index (χ0v) is 21.2. The Morgan fingerprint density at radius 3 is 3.05 bits per heavy atom. The van der Waals surface area contributed by atoms with Gasteiger partial charge in [0.2, 0.25) is 0 Å². The molecule has 37 heavy (non-hydrogen) atoms. The lowest BCUT2D eigenvalue weighted by Gasteiger charge is -2.32. The number of aryl methyl sites for hydroxylation is 2. The van der Waals surface area contributed by atoms with Crippen molar-refractivity contribution >= 4 is 28.5 Å². The van der Waals surface area contributed by atoms with Gasteiger partial charge >= 0.3 is 5.97 Å². The van der Waals surface area contributed by atoms with Gasteiger partial charge < -0.3 is 25.4 Å². The molecule has 2 atom stereocenters. The number of pyridine rings is 1. The number of ether oxygens (including phenoxy) is 1. The minimum atomic E-state index is -0.914. The van der Waals surface area contributed by atoms with Crippen LogP contribution in [0.15, 0.2) is 42.7 Å². The summed E-state index contributed by atoms with van der Waals surface area (Å²) in [5, 5.41) is 17.1. The summed E-state index contributed by atoms with van der Waals surface area (Å²) < 4.78 is 6.15. The van der Waals surface area contributed by atoms with E-state index in [1.165, 1.54) is 18.3 Å². The average molecular weight is 505 g/mol. The zero-order chi connectivity index (χ0) is 25.5. The lowest BCUT2D eigenvalue weighted by atomic mass is 10.1. The number of likely N-dealkylation sites (tertiary alicyclic amines) is 1. The molecule has 0 radical (unpaired) electrons. The smallest absolute Gasteiger partial charge is 0.326 e. The van der Waals surface area contributed by atoms with Crippen molar-refractivity contribution in [3.63, 3.8) is 0 Å². The first-order valence-electron chi connectivity index (χ1n) is 13.4. The molecule has 0 saturated carbocycles. The van der Waals surface area contributed by atoms with E-state index in [4.69, 9.17) is 9.72 Å². The molecule has 5 rings (SSSR count). The van der Waals surface area contributed by atoms with E-state index in [0.717, 1.165) is 80.7 Å². The largest absolute Gasteiger partial charge is 0.480 e. The third-order valence-corrected chi connectivity index (χ3v) is 7.23. The summed E-state index contributed by atoms with van der Waals surface area (Å²) in [6.45, 7) is 4.39. The number of hydrogen-bond donors (Lipinski definition) is 3. The second-order valence-corrected chi connectivity index (χ2v) is 9.94. The Hall–Kier alpha value is -3.30. The first-order chi connectivity index (χ1) is 18.2. The van der Waals surface area contributed by atoms with Gasteiger partial charge in [0.15, 0.2) is 0 Å². The van der Waals surface area contributed by atoms with Gasteiger partial charge in [-0.25, -0.2) is 19.7 Å². The van der Waals surface area contributed by atoms with Gasteiger partial charge in [-0.2, -0.15) is 0 Å². The summed E-state index contributed by atoms with van der Waals surface area (Å²) in [6, 6.07) is 11.2. The van der Waals surface area contributed by atoms with Crippen molar-refractivity contribution < 1.29 is 14.6 Å². The van der Waals surface area contributed by atoms with Gasteiger partial charge in [-0.1, -0.05) is 18.2 Å². The molecule has 0 amide bonds. The maximum absolute atomic E-state index is 11.9. The molecule has 2 aromatic heterocycles. The highest BCUT2D eigenvalue weighted by atomic mass is 16.5. The van der Waals surface area contributed by atoms with E-state index >= 15 is 0 Å². The van der Waals surface area contributed by atoms with Crippen molar-refractivity contribution in [2.75, 3.05) is 43.4 Å². The second kappa shape index (κ2) is 12.3. The van der Waals surface area contributed by atoms with Crippen LogP contribution in [-0.4, -0.2) is 75.9 Å². The zero-order valence-electron chi connectivity index (χ0n) is 21.2. The van der Waals surface area contributed by atoms with Gasteiger partial charge in [0.25, 0.3) is 0 Å². The van der Waals surface area contributed by atoms with E-state index in [9.17, 15) is 9.90 Å². The van der Waals surface area contributed by atoms with E-state index in [1.54, 1.807) is 0 Å². The van der Waals surface area contributed by atoms with Crippen molar-refractivity contribution in [1.82, 2.24) is 19.9 Å². The van der Waals surface area contributed by atoms with Gasteiger partial charge in [0.05, 0.1) is 11.6 Å². The minimum absolute atomic E-state index is 0.133. The molecule has 2 aliphatic rings. The summed E-state index contributed by atoms with van der Waals surface area (Å²) in [6.07, 6.45) is 8.39. The number of piperidine rings is 1. The molecule has 0 aliphatic carbocycles. The second-order valence-electron chi connectivity index (χ2n) is 9.94. The van der Waals surface area contributed by atoms with Crippen LogP contribution in [0.2, 0.25) is 0 Å². The van der Waals surface area contributed by atoms with Crippen LogP contribution >= 0.6 is 0 Å². The highest BCUT2D eigenvalue weighted by Crippen LogP contribution is 2.22. The third kappa shape index (κ3) is 6.72. The van der Waals surface area contributed by atoms with Crippen LogP contribution in [0.3, 0.4) is 0 Å². The minimum Gasteiger partial charge on any atom is -0.480 e. The molecule has 9 nitrogen and oxygen atoms in total. The lowest BCUT2D eigenvalue weighted by molar-refractivity contribution is -0.138. The van der Waals surface area contributed by atoms with Crippen molar-refractivity contribution in [3.8, 4) is 0 Å². The van der Waals surface area contributed by atoms with Crippen LogP contribution in [0.5, 0.6) is 0 Å². The Bertz CT molecular complexity index is 1200. The number of aliphatic carboxylic acids is 1. The van der Waals surface area contributed by atoms with Crippen LogP contribution < -0.4 is 10.6 Å². The molecule has 3 aromatic rings. The number of carbonyl (C=O) groups is 1. The molecule has 4 heterocycles. The Balaban J connectivity index is 1.06. The van der Waals surface area contributed by atoms with Gasteiger partial charge in [0, 0.05) is 37.2 Å². The summed E-state index contributed by atoms with van der Waals surface area (Å²) >= 11 is 0. The summed E-state index contributed by atoms with van der Waals surface area (Å²) in [4.78, 5) is 27.7. The lowest BCUT2D eigenvalue weighted by Crippen LogP contribution is -2.41. The normalized spacial score (nSPS) is 18.6. The number of anilines is 2. The van der Waals surface area contributed by atoms with Gasteiger partial charge in [-0.05, 0) is 75.4 Å². The Morgan fingerprint density at radius 2 is 2.14 bits per heavy atom. The van der Waals surface area contributed by atoms with Crippen molar-refractivity contribution in [1.29, 1.82) is 0 Å². The van der Waals surface area contributed by atoms with Crippen molar-refractivity contribution in [3.05, 3.63) is 54.0 Å². The first kappa shape index (κ1) is 25.4. The number of nitrogens with zero attached hydrogens (tertiary/aromatic N) is 4. The number of fused-ring (bicyclic) bond motifs is 2. The third-order valence-electron chi connectivity index (χ3n) is 7.23.